The molecule has 0 radical (unpaired) electrons. The van der Waals surface area contributed by atoms with Gasteiger partial charge in [-0.3, -0.25) is 9.10 Å². The predicted octanol–water partition coefficient (Wildman–Crippen LogP) is 4.51. The molecule has 0 aliphatic carbocycles. The first-order valence-corrected chi connectivity index (χ1v) is 12.7. The van der Waals surface area contributed by atoms with E-state index in [1.54, 1.807) is 36.9 Å². The SMILES string of the molecule is Cc1ccc(N([C@@H](C)C(=O)NCCSCc2ccc(Cl)c(Cl)c2)S(C)(=O)=O)cc1. The van der Waals surface area contributed by atoms with Crippen molar-refractivity contribution in [2.45, 2.75) is 25.6 Å². The molecule has 2 rings (SSSR count). The Morgan fingerprint density at radius 2 is 1.79 bits per heavy atom. The van der Waals surface area contributed by atoms with Crippen LogP contribution in [0.25, 0.3) is 0 Å². The maximum atomic E-state index is 12.5. The lowest BCUT2D eigenvalue weighted by atomic mass is 10.2. The Morgan fingerprint density at radius 3 is 2.38 bits per heavy atom. The molecule has 9 heteroatoms. The average Bonchev–Trinajstić information content (AvgIpc) is 2.64. The van der Waals surface area contributed by atoms with Crippen LogP contribution in [0.5, 0.6) is 0 Å². The van der Waals surface area contributed by atoms with E-state index < -0.39 is 16.1 Å². The fourth-order valence-electron chi connectivity index (χ4n) is 2.71. The second-order valence-electron chi connectivity index (χ2n) is 6.66. The van der Waals surface area contributed by atoms with E-state index in [-0.39, 0.29) is 5.91 Å². The topological polar surface area (TPSA) is 66.5 Å². The van der Waals surface area contributed by atoms with E-state index in [4.69, 9.17) is 23.2 Å². The predicted molar refractivity (Wildman–Crippen MR) is 124 cm³/mol. The summed E-state index contributed by atoms with van der Waals surface area (Å²) in [4.78, 5) is 12.5. The lowest BCUT2D eigenvalue weighted by molar-refractivity contribution is -0.121. The van der Waals surface area contributed by atoms with Gasteiger partial charge in [0.05, 0.1) is 22.0 Å². The zero-order valence-electron chi connectivity index (χ0n) is 16.5. The summed E-state index contributed by atoms with van der Waals surface area (Å²) in [5.41, 5.74) is 2.53. The molecule has 0 aromatic heterocycles. The molecule has 0 bridgehead atoms. The lowest BCUT2D eigenvalue weighted by Gasteiger charge is -2.28. The molecule has 1 N–H and O–H groups in total. The molecule has 1 amide bonds. The van der Waals surface area contributed by atoms with Gasteiger partial charge in [0.15, 0.2) is 0 Å². The summed E-state index contributed by atoms with van der Waals surface area (Å²) in [7, 11) is -3.61. The molecule has 0 heterocycles. The smallest absolute Gasteiger partial charge is 0.243 e. The maximum absolute atomic E-state index is 12.5. The number of aryl methyl sites for hydroxylation is 1. The van der Waals surface area contributed by atoms with E-state index in [1.165, 1.54) is 0 Å². The number of hydrogen-bond donors (Lipinski definition) is 1. The number of carbonyl (C=O) groups excluding carboxylic acids is 1. The monoisotopic (exact) mass is 474 g/mol. The fraction of sp³-hybridized carbons (Fsp3) is 0.350. The van der Waals surface area contributed by atoms with Gasteiger partial charge in [-0.1, -0.05) is 47.0 Å². The van der Waals surface area contributed by atoms with E-state index in [0.717, 1.165) is 27.4 Å². The van der Waals surface area contributed by atoms with Crippen molar-refractivity contribution >= 4 is 56.6 Å². The normalized spacial score (nSPS) is 12.4. The summed E-state index contributed by atoms with van der Waals surface area (Å²) in [5, 5.41) is 3.85. The summed E-state index contributed by atoms with van der Waals surface area (Å²) in [6, 6.07) is 11.7. The van der Waals surface area contributed by atoms with Crippen molar-refractivity contribution in [2.24, 2.45) is 0 Å². The molecule has 158 valence electrons. The molecule has 0 saturated heterocycles. The minimum Gasteiger partial charge on any atom is -0.353 e. The quantitative estimate of drug-likeness (QED) is 0.543. The molecule has 0 aliphatic heterocycles. The number of anilines is 1. The van der Waals surface area contributed by atoms with Gasteiger partial charge in [-0.2, -0.15) is 11.8 Å². The molecule has 0 spiro atoms. The number of carbonyl (C=O) groups is 1. The van der Waals surface area contributed by atoms with Crippen LogP contribution < -0.4 is 9.62 Å². The number of rotatable bonds is 9. The summed E-state index contributed by atoms with van der Waals surface area (Å²) >= 11 is 13.5. The molecule has 0 unspecified atom stereocenters. The van der Waals surface area contributed by atoms with Gasteiger partial charge >= 0.3 is 0 Å². The zero-order valence-corrected chi connectivity index (χ0v) is 19.6. The Bertz CT molecular complexity index is 951. The third-order valence-electron chi connectivity index (χ3n) is 4.18. The third-order valence-corrected chi connectivity index (χ3v) is 7.19. The van der Waals surface area contributed by atoms with Crippen molar-refractivity contribution < 1.29 is 13.2 Å². The molecular formula is C20H24Cl2N2O3S2. The van der Waals surface area contributed by atoms with Crippen LogP contribution >= 0.6 is 35.0 Å². The molecule has 2 aromatic carbocycles. The van der Waals surface area contributed by atoms with E-state index in [0.29, 0.717) is 28.0 Å². The zero-order chi connectivity index (χ0) is 21.6. The molecule has 5 nitrogen and oxygen atoms in total. The number of halogens is 2. The van der Waals surface area contributed by atoms with Crippen molar-refractivity contribution in [3.05, 3.63) is 63.6 Å². The fourth-order valence-corrected chi connectivity index (χ4v) is 5.02. The second-order valence-corrected chi connectivity index (χ2v) is 10.4. The van der Waals surface area contributed by atoms with Crippen LogP contribution in [0.2, 0.25) is 10.0 Å². The minimum absolute atomic E-state index is 0.342. The molecule has 29 heavy (non-hydrogen) atoms. The van der Waals surface area contributed by atoms with E-state index in [2.05, 4.69) is 5.32 Å². The van der Waals surface area contributed by atoms with Crippen LogP contribution in [-0.2, 0) is 20.6 Å². The van der Waals surface area contributed by atoms with Gasteiger partial charge in [-0.25, -0.2) is 8.42 Å². The maximum Gasteiger partial charge on any atom is 0.243 e. The van der Waals surface area contributed by atoms with Crippen LogP contribution in [0.15, 0.2) is 42.5 Å². The largest absolute Gasteiger partial charge is 0.353 e. The average molecular weight is 475 g/mol. The first kappa shape index (κ1) is 23.9. The van der Waals surface area contributed by atoms with Crippen molar-refractivity contribution in [3.63, 3.8) is 0 Å². The van der Waals surface area contributed by atoms with E-state index >= 15 is 0 Å². The lowest BCUT2D eigenvalue weighted by Crippen LogP contribution is -2.48. The van der Waals surface area contributed by atoms with Gasteiger partial charge < -0.3 is 5.32 Å². The standard InChI is InChI=1S/C20H24Cl2N2O3S2/c1-14-4-7-17(8-5-14)24(29(3,26)27)15(2)20(25)23-10-11-28-13-16-6-9-18(21)19(22)12-16/h4-9,12,15H,10-11,13H2,1-3H3,(H,23,25)/t15-/m0/s1. The molecule has 2 aromatic rings. The van der Waals surface area contributed by atoms with Crippen molar-refractivity contribution in [1.82, 2.24) is 5.32 Å². The summed E-state index contributed by atoms with van der Waals surface area (Å²) < 4.78 is 25.7. The highest BCUT2D eigenvalue weighted by atomic mass is 35.5. The van der Waals surface area contributed by atoms with Gasteiger partial charge in [-0.15, -0.1) is 0 Å². The van der Waals surface area contributed by atoms with E-state index in [1.807, 2.05) is 31.2 Å². The second kappa shape index (κ2) is 10.6. The van der Waals surface area contributed by atoms with Crippen LogP contribution in [0.4, 0.5) is 5.69 Å². The van der Waals surface area contributed by atoms with Crippen LogP contribution in [-0.4, -0.2) is 38.9 Å². The number of sulfonamides is 1. The summed E-state index contributed by atoms with van der Waals surface area (Å²) in [6.45, 7) is 3.93. The minimum atomic E-state index is -3.61. The Morgan fingerprint density at radius 1 is 1.14 bits per heavy atom. The Labute approximate surface area is 186 Å². The molecule has 0 aliphatic rings. The number of nitrogens with zero attached hydrogens (tertiary/aromatic N) is 1. The van der Waals surface area contributed by atoms with Crippen molar-refractivity contribution in [2.75, 3.05) is 22.9 Å². The van der Waals surface area contributed by atoms with Crippen LogP contribution in [0, 0.1) is 6.92 Å². The molecular weight excluding hydrogens is 451 g/mol. The Balaban J connectivity index is 1.89. The Kier molecular flexibility index (Phi) is 8.70. The first-order valence-electron chi connectivity index (χ1n) is 8.95. The highest BCUT2D eigenvalue weighted by molar-refractivity contribution is 7.98. The molecule has 1 atom stereocenters. The van der Waals surface area contributed by atoms with Crippen LogP contribution in [0.1, 0.15) is 18.1 Å². The van der Waals surface area contributed by atoms with Crippen molar-refractivity contribution in [1.29, 1.82) is 0 Å². The number of thioether (sulfide) groups is 1. The number of benzene rings is 2. The van der Waals surface area contributed by atoms with Gasteiger partial charge in [0.25, 0.3) is 0 Å². The van der Waals surface area contributed by atoms with Gasteiger partial charge in [-0.05, 0) is 43.7 Å². The van der Waals surface area contributed by atoms with Gasteiger partial charge in [0.2, 0.25) is 15.9 Å². The van der Waals surface area contributed by atoms with E-state index in [9.17, 15) is 13.2 Å². The first-order chi connectivity index (χ1) is 13.6. The molecule has 0 saturated carbocycles. The number of amides is 1. The number of hydrogen-bond acceptors (Lipinski definition) is 4. The van der Waals surface area contributed by atoms with Crippen molar-refractivity contribution in [3.8, 4) is 0 Å². The third kappa shape index (κ3) is 7.10. The highest BCUT2D eigenvalue weighted by Gasteiger charge is 2.28. The van der Waals surface area contributed by atoms with Gasteiger partial charge in [0, 0.05) is 18.1 Å². The highest BCUT2D eigenvalue weighted by Crippen LogP contribution is 2.25. The molecule has 0 fully saturated rings. The number of nitrogens with one attached hydrogen (secondary N) is 1. The van der Waals surface area contributed by atoms with Crippen LogP contribution in [0.3, 0.4) is 0 Å². The van der Waals surface area contributed by atoms with Gasteiger partial charge in [0.1, 0.15) is 6.04 Å². The summed E-state index contributed by atoms with van der Waals surface area (Å²) in [6.07, 6.45) is 1.10. The Hall–Kier alpha value is -1.41. The summed E-state index contributed by atoms with van der Waals surface area (Å²) in [5.74, 6) is 1.08.